The van der Waals surface area contributed by atoms with E-state index < -0.39 is 10.0 Å². The van der Waals surface area contributed by atoms with E-state index in [4.69, 9.17) is 17.3 Å². The number of halogens is 1. The lowest BCUT2D eigenvalue weighted by Crippen LogP contribution is -2.30. The third-order valence-corrected chi connectivity index (χ3v) is 6.21. The van der Waals surface area contributed by atoms with Crippen LogP contribution in [0.15, 0.2) is 82.5 Å². The van der Waals surface area contributed by atoms with E-state index in [0.717, 1.165) is 0 Å². The van der Waals surface area contributed by atoms with Crippen molar-refractivity contribution in [2.75, 3.05) is 5.73 Å². The molecule has 4 rings (SSSR count). The topological polar surface area (TPSA) is 107 Å². The largest absolute Gasteiger partial charge is 0.399 e. The molecule has 0 aliphatic rings. The second-order valence-electron chi connectivity index (χ2n) is 6.56. The number of nitrogens with one attached hydrogen (secondary N) is 1. The molecule has 4 aromatic rings. The number of anilines is 1. The van der Waals surface area contributed by atoms with Crippen LogP contribution in [0.4, 0.5) is 5.69 Å². The summed E-state index contributed by atoms with van der Waals surface area (Å²) in [4.78, 5) is 17.8. The number of sulfonamides is 1. The fourth-order valence-corrected chi connectivity index (χ4v) is 4.15. The lowest BCUT2D eigenvalue weighted by atomic mass is 10.2. The van der Waals surface area contributed by atoms with Gasteiger partial charge >= 0.3 is 0 Å². The molecule has 0 aliphatic heterocycles. The number of hydrogen-bond acceptors (Lipinski definition) is 5. The predicted octanol–water partition coefficient (Wildman–Crippen LogP) is 3.10. The van der Waals surface area contributed by atoms with Crippen LogP contribution in [-0.2, 0) is 16.6 Å². The second kappa shape index (κ2) is 7.91. The second-order valence-corrected chi connectivity index (χ2v) is 8.76. The van der Waals surface area contributed by atoms with E-state index in [0.29, 0.717) is 27.3 Å². The number of nitrogen functional groups attached to an aromatic ring is 1. The van der Waals surface area contributed by atoms with Gasteiger partial charge in [0.25, 0.3) is 5.56 Å². The van der Waals surface area contributed by atoms with E-state index in [1.165, 1.54) is 28.8 Å². The van der Waals surface area contributed by atoms with Crippen molar-refractivity contribution in [1.82, 2.24) is 14.3 Å². The van der Waals surface area contributed by atoms with Gasteiger partial charge in [-0.15, -0.1) is 0 Å². The number of fused-ring (bicyclic) bond motifs is 1. The van der Waals surface area contributed by atoms with Crippen LogP contribution >= 0.6 is 11.6 Å². The first-order chi connectivity index (χ1) is 14.3. The molecular formula is C21H17ClN4O3S. The van der Waals surface area contributed by atoms with Crippen LogP contribution in [0.1, 0.15) is 5.82 Å². The van der Waals surface area contributed by atoms with E-state index in [9.17, 15) is 13.2 Å². The molecular weight excluding hydrogens is 424 g/mol. The van der Waals surface area contributed by atoms with E-state index in [-0.39, 0.29) is 22.8 Å². The molecule has 152 valence electrons. The van der Waals surface area contributed by atoms with E-state index in [2.05, 4.69) is 9.71 Å². The Labute approximate surface area is 177 Å². The highest BCUT2D eigenvalue weighted by Gasteiger charge is 2.17. The van der Waals surface area contributed by atoms with Gasteiger partial charge in [0.05, 0.1) is 28.0 Å². The van der Waals surface area contributed by atoms with E-state index in [1.807, 2.05) is 0 Å². The minimum Gasteiger partial charge on any atom is -0.399 e. The fraction of sp³-hybridized carbons (Fsp3) is 0.0476. The standard InChI is InChI=1S/C21H17ClN4O3S/c22-14-5-9-16(10-6-14)26-20(25-19-4-2-1-3-18(19)21(26)27)13-24-30(28,29)17-11-7-15(23)8-12-17/h1-12,24H,13,23H2. The summed E-state index contributed by atoms with van der Waals surface area (Å²) in [5.41, 5.74) is 6.80. The van der Waals surface area contributed by atoms with Gasteiger partial charge < -0.3 is 5.73 Å². The SMILES string of the molecule is Nc1ccc(S(=O)(=O)NCc2nc3ccccc3c(=O)n2-c2ccc(Cl)cc2)cc1. The zero-order valence-electron chi connectivity index (χ0n) is 15.6. The van der Waals surface area contributed by atoms with Crippen molar-refractivity contribution in [3.8, 4) is 5.69 Å². The summed E-state index contributed by atoms with van der Waals surface area (Å²) in [5.74, 6) is 0.250. The summed E-state index contributed by atoms with van der Waals surface area (Å²) in [5, 5.41) is 0.948. The minimum absolute atomic E-state index is 0.0675. The Morgan fingerprint density at radius 2 is 1.63 bits per heavy atom. The van der Waals surface area contributed by atoms with Crippen LogP contribution in [0.25, 0.3) is 16.6 Å². The Balaban J connectivity index is 1.79. The quantitative estimate of drug-likeness (QED) is 0.464. The number of nitrogens with zero attached hydrogens (tertiary/aromatic N) is 2. The van der Waals surface area contributed by atoms with Gasteiger partial charge in [0, 0.05) is 10.7 Å². The molecule has 0 spiro atoms. The molecule has 1 aromatic heterocycles. The predicted molar refractivity (Wildman–Crippen MR) is 117 cm³/mol. The Kier molecular flexibility index (Phi) is 5.29. The molecule has 0 atom stereocenters. The summed E-state index contributed by atoms with van der Waals surface area (Å²) < 4.78 is 29.2. The Morgan fingerprint density at radius 3 is 2.33 bits per heavy atom. The van der Waals surface area contributed by atoms with Crippen molar-refractivity contribution in [3.63, 3.8) is 0 Å². The Morgan fingerprint density at radius 1 is 0.967 bits per heavy atom. The van der Waals surface area contributed by atoms with Crippen molar-refractivity contribution < 1.29 is 8.42 Å². The zero-order valence-corrected chi connectivity index (χ0v) is 17.2. The Hall–Kier alpha value is -3.20. The van der Waals surface area contributed by atoms with Gasteiger partial charge in [-0.1, -0.05) is 23.7 Å². The first kappa shape index (κ1) is 20.1. The van der Waals surface area contributed by atoms with Crippen molar-refractivity contribution >= 4 is 38.2 Å². The number of rotatable bonds is 5. The van der Waals surface area contributed by atoms with Crippen LogP contribution in [-0.4, -0.2) is 18.0 Å². The highest BCUT2D eigenvalue weighted by molar-refractivity contribution is 7.89. The number of nitrogens with two attached hydrogens (primary N) is 1. The van der Waals surface area contributed by atoms with Crippen molar-refractivity contribution in [2.45, 2.75) is 11.4 Å². The minimum atomic E-state index is -3.83. The molecule has 0 radical (unpaired) electrons. The molecule has 7 nitrogen and oxygen atoms in total. The summed E-state index contributed by atoms with van der Waals surface area (Å²) in [6.45, 7) is -0.185. The van der Waals surface area contributed by atoms with Gasteiger partial charge in [0.1, 0.15) is 5.82 Å². The number of benzene rings is 3. The molecule has 0 aliphatic carbocycles. The molecule has 3 aromatic carbocycles. The lowest BCUT2D eigenvalue weighted by molar-refractivity contribution is 0.578. The summed E-state index contributed by atoms with van der Waals surface area (Å²) in [6.07, 6.45) is 0. The third kappa shape index (κ3) is 3.93. The summed E-state index contributed by atoms with van der Waals surface area (Å²) >= 11 is 5.97. The molecule has 1 heterocycles. The van der Waals surface area contributed by atoms with Gasteiger partial charge in [-0.25, -0.2) is 18.1 Å². The van der Waals surface area contributed by atoms with Gasteiger partial charge in [0.15, 0.2) is 0 Å². The van der Waals surface area contributed by atoms with Crippen molar-refractivity contribution in [3.05, 3.63) is 94.0 Å². The van der Waals surface area contributed by atoms with Crippen LogP contribution in [0, 0.1) is 0 Å². The van der Waals surface area contributed by atoms with Gasteiger partial charge in [-0.05, 0) is 60.7 Å². The van der Waals surface area contributed by atoms with Crippen LogP contribution in [0.5, 0.6) is 0 Å². The van der Waals surface area contributed by atoms with Crippen molar-refractivity contribution in [2.24, 2.45) is 0 Å². The molecule has 0 amide bonds. The average Bonchev–Trinajstić information content (AvgIpc) is 2.74. The normalized spacial score (nSPS) is 11.6. The number of para-hydroxylation sites is 1. The molecule has 0 bridgehead atoms. The first-order valence-electron chi connectivity index (χ1n) is 8.97. The number of aromatic nitrogens is 2. The average molecular weight is 441 g/mol. The Bertz CT molecular complexity index is 1380. The van der Waals surface area contributed by atoms with Crippen LogP contribution in [0.2, 0.25) is 5.02 Å². The zero-order chi connectivity index (χ0) is 21.3. The summed E-state index contributed by atoms with van der Waals surface area (Å²) in [6, 6.07) is 19.4. The molecule has 9 heteroatoms. The first-order valence-corrected chi connectivity index (χ1v) is 10.8. The smallest absolute Gasteiger partial charge is 0.266 e. The van der Waals surface area contributed by atoms with Gasteiger partial charge in [0.2, 0.25) is 10.0 Å². The highest BCUT2D eigenvalue weighted by Crippen LogP contribution is 2.17. The van der Waals surface area contributed by atoms with E-state index >= 15 is 0 Å². The molecule has 0 unspecified atom stereocenters. The summed E-state index contributed by atoms with van der Waals surface area (Å²) in [7, 11) is -3.83. The number of hydrogen-bond donors (Lipinski definition) is 2. The van der Waals surface area contributed by atoms with Gasteiger partial charge in [-0.3, -0.25) is 9.36 Å². The molecule has 0 saturated carbocycles. The van der Waals surface area contributed by atoms with E-state index in [1.54, 1.807) is 48.5 Å². The van der Waals surface area contributed by atoms with Crippen LogP contribution in [0.3, 0.4) is 0 Å². The maximum absolute atomic E-state index is 13.2. The van der Waals surface area contributed by atoms with Crippen molar-refractivity contribution in [1.29, 1.82) is 0 Å². The monoisotopic (exact) mass is 440 g/mol. The molecule has 3 N–H and O–H groups in total. The maximum atomic E-state index is 13.2. The maximum Gasteiger partial charge on any atom is 0.266 e. The molecule has 0 fully saturated rings. The van der Waals surface area contributed by atoms with Gasteiger partial charge in [-0.2, -0.15) is 0 Å². The third-order valence-electron chi connectivity index (χ3n) is 4.54. The molecule has 30 heavy (non-hydrogen) atoms. The van der Waals surface area contributed by atoms with Crippen LogP contribution < -0.4 is 16.0 Å². The molecule has 0 saturated heterocycles. The fourth-order valence-electron chi connectivity index (χ4n) is 3.04. The lowest BCUT2D eigenvalue weighted by Gasteiger charge is -2.14. The highest BCUT2D eigenvalue weighted by atomic mass is 35.5.